The van der Waals surface area contributed by atoms with Crippen LogP contribution in [0.5, 0.6) is 0 Å². The summed E-state index contributed by atoms with van der Waals surface area (Å²) < 4.78 is 8.42. The molecule has 1 fully saturated rings. The van der Waals surface area contributed by atoms with Crippen molar-refractivity contribution >= 4 is 34.2 Å². The summed E-state index contributed by atoms with van der Waals surface area (Å²) in [6.07, 6.45) is -0.136. The fourth-order valence-corrected chi connectivity index (χ4v) is 11.8. The standard InChI is InChI=1S/C33H45NO2SSi2/c1-25(36-38(5,6)7)29-30(35)34(39(8,9)32(2,3)4)31(29)37-33(26-19-13-10-14-20-26,27-21-15-11-16-22-27)28-23-17-12-18-24-28/h10-25,29,31H,1-9H3. The summed E-state index contributed by atoms with van der Waals surface area (Å²) in [7, 11) is -4.03. The van der Waals surface area contributed by atoms with Gasteiger partial charge in [0.2, 0.25) is 5.91 Å². The maximum absolute atomic E-state index is 14.2. The van der Waals surface area contributed by atoms with Gasteiger partial charge in [0.05, 0.1) is 22.1 Å². The molecule has 1 saturated heterocycles. The molecular weight excluding hydrogens is 531 g/mol. The molecule has 6 heteroatoms. The highest BCUT2D eigenvalue weighted by Gasteiger charge is 2.61. The molecule has 0 aliphatic carbocycles. The van der Waals surface area contributed by atoms with Gasteiger partial charge >= 0.3 is 0 Å². The first-order valence-electron chi connectivity index (χ1n) is 14.1. The Balaban J connectivity index is 1.94. The third-order valence-corrected chi connectivity index (χ3v) is 16.9. The average Bonchev–Trinajstić information content (AvgIpc) is 2.86. The molecule has 3 aromatic rings. The van der Waals surface area contributed by atoms with Gasteiger partial charge in [-0.3, -0.25) is 4.79 Å². The fraction of sp³-hybridized carbons (Fsp3) is 0.424. The second-order valence-electron chi connectivity index (χ2n) is 13.3. The minimum atomic E-state index is -2.18. The smallest absolute Gasteiger partial charge is 0.224 e. The van der Waals surface area contributed by atoms with Crippen LogP contribution in [0.15, 0.2) is 91.0 Å². The summed E-state index contributed by atoms with van der Waals surface area (Å²) in [5.41, 5.74) is 3.67. The van der Waals surface area contributed by atoms with Crippen molar-refractivity contribution in [1.82, 2.24) is 4.57 Å². The van der Waals surface area contributed by atoms with Crippen molar-refractivity contribution in [3.8, 4) is 0 Å². The lowest BCUT2D eigenvalue weighted by atomic mass is 9.84. The van der Waals surface area contributed by atoms with Crippen molar-refractivity contribution in [2.75, 3.05) is 0 Å². The number of thioether (sulfide) groups is 1. The van der Waals surface area contributed by atoms with E-state index in [1.807, 2.05) is 11.8 Å². The van der Waals surface area contributed by atoms with Crippen LogP contribution in [0.1, 0.15) is 44.4 Å². The minimum Gasteiger partial charge on any atom is -0.414 e. The molecule has 1 aliphatic heterocycles. The van der Waals surface area contributed by atoms with E-state index in [4.69, 9.17) is 4.43 Å². The first kappa shape index (κ1) is 29.8. The second-order valence-corrected chi connectivity index (χ2v) is 24.2. The molecule has 0 bridgehead atoms. The zero-order valence-corrected chi connectivity index (χ0v) is 27.9. The van der Waals surface area contributed by atoms with Crippen molar-refractivity contribution in [3.63, 3.8) is 0 Å². The summed E-state index contributed by atoms with van der Waals surface area (Å²) in [4.78, 5) is 14.2. The van der Waals surface area contributed by atoms with Crippen LogP contribution in [0.25, 0.3) is 0 Å². The quantitative estimate of drug-likeness (QED) is 0.145. The van der Waals surface area contributed by atoms with Gasteiger partial charge in [-0.05, 0) is 48.3 Å². The van der Waals surface area contributed by atoms with Crippen LogP contribution in [0, 0.1) is 5.92 Å². The highest BCUT2D eigenvalue weighted by atomic mass is 32.2. The third kappa shape index (κ3) is 5.71. The first-order valence-corrected chi connectivity index (χ1v) is 21.3. The van der Waals surface area contributed by atoms with Crippen molar-refractivity contribution in [1.29, 1.82) is 0 Å². The van der Waals surface area contributed by atoms with E-state index in [-0.39, 0.29) is 28.3 Å². The lowest BCUT2D eigenvalue weighted by Gasteiger charge is -2.61. The zero-order valence-electron chi connectivity index (χ0n) is 25.1. The molecular formula is C33H45NO2SSi2. The van der Waals surface area contributed by atoms with E-state index in [1.54, 1.807) is 0 Å². The normalized spacial score (nSPS) is 19.5. The number of amides is 1. The Hall–Kier alpha value is -2.13. The summed E-state index contributed by atoms with van der Waals surface area (Å²) in [6.45, 7) is 20.3. The largest absolute Gasteiger partial charge is 0.414 e. The number of nitrogens with zero attached hydrogens (tertiary/aromatic N) is 1. The Bertz CT molecular complexity index is 1160. The van der Waals surface area contributed by atoms with Gasteiger partial charge < -0.3 is 8.99 Å². The summed E-state index contributed by atoms with van der Waals surface area (Å²) in [5, 5.41) is 0.0230. The predicted octanol–water partition coefficient (Wildman–Crippen LogP) is 8.74. The molecule has 1 amide bonds. The third-order valence-electron chi connectivity index (χ3n) is 8.41. The molecule has 4 rings (SSSR count). The number of rotatable bonds is 9. The Labute approximate surface area is 242 Å². The number of carbonyl (C=O) groups excluding carboxylic acids is 1. The van der Waals surface area contributed by atoms with Gasteiger partial charge in [-0.25, -0.2) is 0 Å². The molecule has 0 spiro atoms. The van der Waals surface area contributed by atoms with Gasteiger partial charge in [0.15, 0.2) is 16.6 Å². The van der Waals surface area contributed by atoms with Crippen molar-refractivity contribution in [3.05, 3.63) is 108 Å². The van der Waals surface area contributed by atoms with Crippen LogP contribution in [0.3, 0.4) is 0 Å². The molecule has 0 N–H and O–H groups in total. The van der Waals surface area contributed by atoms with Gasteiger partial charge in [0, 0.05) is 0 Å². The average molecular weight is 576 g/mol. The first-order chi connectivity index (χ1) is 18.2. The Morgan fingerprint density at radius 2 is 1.13 bits per heavy atom. The van der Waals surface area contributed by atoms with Gasteiger partial charge in [-0.2, -0.15) is 0 Å². The van der Waals surface area contributed by atoms with Crippen molar-refractivity contribution in [2.45, 2.75) is 81.7 Å². The predicted molar refractivity (Wildman–Crippen MR) is 172 cm³/mol. The number of β-lactam (4-membered cyclic amide) rings is 1. The van der Waals surface area contributed by atoms with Crippen LogP contribution in [-0.4, -0.2) is 38.5 Å². The van der Waals surface area contributed by atoms with Crippen LogP contribution in [0.2, 0.25) is 37.8 Å². The van der Waals surface area contributed by atoms with E-state index in [0.29, 0.717) is 0 Å². The topological polar surface area (TPSA) is 29.5 Å². The molecule has 3 unspecified atom stereocenters. The number of benzene rings is 3. The number of carbonyl (C=O) groups is 1. The fourth-order valence-electron chi connectivity index (χ4n) is 5.53. The summed E-state index contributed by atoms with van der Waals surface area (Å²) in [5.74, 6) is 0.0688. The maximum atomic E-state index is 14.2. The summed E-state index contributed by atoms with van der Waals surface area (Å²) in [6, 6.07) is 32.4. The minimum absolute atomic E-state index is 0.00893. The molecule has 0 aromatic heterocycles. The highest BCUT2D eigenvalue weighted by Crippen LogP contribution is 2.57. The molecule has 208 valence electrons. The Morgan fingerprint density at radius 1 is 0.744 bits per heavy atom. The zero-order chi connectivity index (χ0) is 28.6. The lowest BCUT2D eigenvalue weighted by Crippen LogP contribution is -2.74. The van der Waals surface area contributed by atoms with E-state index >= 15 is 0 Å². The van der Waals surface area contributed by atoms with E-state index in [9.17, 15) is 4.79 Å². The van der Waals surface area contributed by atoms with E-state index in [2.05, 4.69) is 156 Å². The molecule has 0 saturated carbocycles. The van der Waals surface area contributed by atoms with Crippen molar-refractivity contribution in [2.24, 2.45) is 5.92 Å². The van der Waals surface area contributed by atoms with E-state index in [1.165, 1.54) is 16.7 Å². The molecule has 3 atom stereocenters. The highest BCUT2D eigenvalue weighted by molar-refractivity contribution is 8.01. The monoisotopic (exact) mass is 575 g/mol. The Morgan fingerprint density at radius 3 is 1.46 bits per heavy atom. The molecule has 1 aliphatic rings. The molecule has 3 aromatic carbocycles. The van der Waals surface area contributed by atoms with Crippen LogP contribution in [0.4, 0.5) is 0 Å². The Kier molecular flexibility index (Phi) is 8.45. The lowest BCUT2D eigenvalue weighted by molar-refractivity contribution is -0.148. The molecule has 1 heterocycles. The van der Waals surface area contributed by atoms with Crippen LogP contribution in [-0.2, 0) is 14.0 Å². The summed E-state index contributed by atoms with van der Waals surface area (Å²) >= 11 is 1.93. The second kappa shape index (κ2) is 11.0. The number of hydrogen-bond acceptors (Lipinski definition) is 3. The van der Waals surface area contributed by atoms with Crippen LogP contribution >= 0.6 is 11.8 Å². The molecule has 39 heavy (non-hydrogen) atoms. The van der Waals surface area contributed by atoms with Gasteiger partial charge in [-0.15, -0.1) is 11.8 Å². The maximum Gasteiger partial charge on any atom is 0.224 e. The van der Waals surface area contributed by atoms with Gasteiger partial charge in [0.25, 0.3) is 0 Å². The molecule has 3 nitrogen and oxygen atoms in total. The van der Waals surface area contributed by atoms with Gasteiger partial charge in [-0.1, -0.05) is 125 Å². The number of hydrogen-bond donors (Lipinski definition) is 0. The van der Waals surface area contributed by atoms with Gasteiger partial charge in [0.1, 0.15) is 0 Å². The molecule has 0 radical (unpaired) electrons. The van der Waals surface area contributed by atoms with Crippen molar-refractivity contribution < 1.29 is 9.22 Å². The van der Waals surface area contributed by atoms with E-state index in [0.717, 1.165) is 0 Å². The van der Waals surface area contributed by atoms with Crippen LogP contribution < -0.4 is 0 Å². The SMILES string of the molecule is CC(O[Si](C)(C)C)C1C(=O)N([Si](C)(C)C(C)(C)C)C1SC(c1ccccc1)(c1ccccc1)c1ccccc1. The van der Waals surface area contributed by atoms with E-state index < -0.39 is 21.3 Å².